The summed E-state index contributed by atoms with van der Waals surface area (Å²) in [5.74, 6) is -0.398. The predicted molar refractivity (Wildman–Crippen MR) is 110 cm³/mol. The first-order chi connectivity index (χ1) is 12.2. The highest BCUT2D eigenvalue weighted by Crippen LogP contribution is 2.13. The van der Waals surface area contributed by atoms with Crippen molar-refractivity contribution in [2.75, 3.05) is 6.61 Å². The van der Waals surface area contributed by atoms with Crippen molar-refractivity contribution in [1.29, 1.82) is 0 Å². The third-order valence-electron chi connectivity index (χ3n) is 4.68. The normalized spacial score (nSPS) is 11.7. The molecule has 0 aromatic carbocycles. The molecule has 0 aliphatic heterocycles. The molecule has 0 aliphatic carbocycles. The van der Waals surface area contributed by atoms with E-state index in [1.165, 1.54) is 89.9 Å². The average molecular weight is 373 g/mol. The zero-order valence-electron chi connectivity index (χ0n) is 16.8. The molecule has 3 heteroatoms. The third-order valence-corrected chi connectivity index (χ3v) is 5.05. The van der Waals surface area contributed by atoms with Gasteiger partial charge in [-0.25, -0.2) is 4.79 Å². The second-order valence-corrected chi connectivity index (χ2v) is 7.48. The number of carbonyl (C=O) groups is 1. The van der Waals surface area contributed by atoms with E-state index in [-0.39, 0.29) is 5.03 Å². The monoisotopic (exact) mass is 372 g/mol. The van der Waals surface area contributed by atoms with E-state index >= 15 is 0 Å². The van der Waals surface area contributed by atoms with Crippen molar-refractivity contribution in [3.63, 3.8) is 0 Å². The Labute approximate surface area is 161 Å². The van der Waals surface area contributed by atoms with Gasteiger partial charge in [-0.05, 0) is 13.3 Å². The first-order valence-corrected chi connectivity index (χ1v) is 11.1. The number of carbonyl (C=O) groups excluding carboxylic acids is 1. The SMILES string of the molecule is CC=C(Cl)C(=O)OCCCCCCCCCCCCCCCCCC. The standard InChI is InChI=1S/C22H41ClO2/c1-3-5-6-7-8-9-10-11-12-13-14-15-16-17-18-19-20-25-22(24)21(23)4-2/h4H,3,5-20H2,1-2H3. The highest BCUT2D eigenvalue weighted by atomic mass is 35.5. The summed E-state index contributed by atoms with van der Waals surface area (Å²) in [5.41, 5.74) is 0. The van der Waals surface area contributed by atoms with Crippen LogP contribution in [0, 0.1) is 0 Å². The maximum Gasteiger partial charge on any atom is 0.349 e. The summed E-state index contributed by atoms with van der Waals surface area (Å²) in [5, 5.41) is 0.177. The molecule has 0 aliphatic rings. The fourth-order valence-corrected chi connectivity index (χ4v) is 3.06. The quantitative estimate of drug-likeness (QED) is 0.139. The van der Waals surface area contributed by atoms with E-state index in [1.807, 2.05) is 0 Å². The van der Waals surface area contributed by atoms with Gasteiger partial charge < -0.3 is 4.74 Å². The van der Waals surface area contributed by atoms with E-state index in [4.69, 9.17) is 16.3 Å². The molecule has 0 fully saturated rings. The molecule has 0 radical (unpaired) electrons. The van der Waals surface area contributed by atoms with Gasteiger partial charge in [-0.3, -0.25) is 0 Å². The zero-order valence-corrected chi connectivity index (χ0v) is 17.5. The lowest BCUT2D eigenvalue weighted by Crippen LogP contribution is -2.05. The summed E-state index contributed by atoms with van der Waals surface area (Å²) in [6, 6.07) is 0. The Morgan fingerprint density at radius 1 is 0.720 bits per heavy atom. The molecule has 0 atom stereocenters. The van der Waals surface area contributed by atoms with Crippen LogP contribution < -0.4 is 0 Å². The van der Waals surface area contributed by atoms with Crippen LogP contribution in [0.25, 0.3) is 0 Å². The van der Waals surface area contributed by atoms with Crippen LogP contribution in [0.5, 0.6) is 0 Å². The van der Waals surface area contributed by atoms with E-state index in [0.717, 1.165) is 12.8 Å². The molecular weight excluding hydrogens is 332 g/mol. The maximum absolute atomic E-state index is 11.3. The Balaban J connectivity index is 3.11. The van der Waals surface area contributed by atoms with E-state index in [2.05, 4.69) is 6.92 Å². The van der Waals surface area contributed by atoms with Crippen LogP contribution in [0.2, 0.25) is 0 Å². The zero-order chi connectivity index (χ0) is 18.6. The van der Waals surface area contributed by atoms with Gasteiger partial charge in [0, 0.05) is 0 Å². The van der Waals surface area contributed by atoms with Gasteiger partial charge in [0.2, 0.25) is 0 Å². The van der Waals surface area contributed by atoms with Gasteiger partial charge >= 0.3 is 5.97 Å². The van der Waals surface area contributed by atoms with E-state index in [9.17, 15) is 4.79 Å². The minimum atomic E-state index is -0.398. The Kier molecular flexibility index (Phi) is 19.4. The van der Waals surface area contributed by atoms with Gasteiger partial charge in [0.1, 0.15) is 5.03 Å². The lowest BCUT2D eigenvalue weighted by atomic mass is 10.0. The average Bonchev–Trinajstić information content (AvgIpc) is 2.63. The second kappa shape index (κ2) is 19.8. The molecule has 0 heterocycles. The van der Waals surface area contributed by atoms with Gasteiger partial charge in [0.15, 0.2) is 0 Å². The minimum Gasteiger partial charge on any atom is -0.461 e. The summed E-state index contributed by atoms with van der Waals surface area (Å²) in [6.45, 7) is 4.50. The van der Waals surface area contributed by atoms with Crippen molar-refractivity contribution in [2.24, 2.45) is 0 Å². The van der Waals surface area contributed by atoms with Crippen molar-refractivity contribution >= 4 is 17.6 Å². The van der Waals surface area contributed by atoms with Gasteiger partial charge in [-0.15, -0.1) is 0 Å². The van der Waals surface area contributed by atoms with Crippen LogP contribution in [0.4, 0.5) is 0 Å². The molecule has 0 N–H and O–H groups in total. The smallest absolute Gasteiger partial charge is 0.349 e. The third kappa shape index (κ3) is 18.1. The predicted octanol–water partition coefficient (Wildman–Crippen LogP) is 7.93. The molecule has 148 valence electrons. The summed E-state index contributed by atoms with van der Waals surface area (Å²) < 4.78 is 5.07. The van der Waals surface area contributed by atoms with Crippen molar-refractivity contribution in [2.45, 2.75) is 117 Å². The van der Waals surface area contributed by atoms with E-state index < -0.39 is 5.97 Å². The van der Waals surface area contributed by atoms with Crippen LogP contribution in [-0.2, 0) is 9.53 Å². The maximum atomic E-state index is 11.3. The largest absolute Gasteiger partial charge is 0.461 e. The number of ether oxygens (including phenoxy) is 1. The van der Waals surface area contributed by atoms with Crippen molar-refractivity contribution in [1.82, 2.24) is 0 Å². The molecule has 0 aromatic heterocycles. The Morgan fingerprint density at radius 2 is 1.08 bits per heavy atom. The summed E-state index contributed by atoms with van der Waals surface area (Å²) in [4.78, 5) is 11.3. The molecule has 2 nitrogen and oxygen atoms in total. The van der Waals surface area contributed by atoms with Gasteiger partial charge in [0.25, 0.3) is 0 Å². The highest BCUT2D eigenvalue weighted by Gasteiger charge is 2.05. The number of hydrogen-bond donors (Lipinski definition) is 0. The van der Waals surface area contributed by atoms with E-state index in [1.54, 1.807) is 13.0 Å². The first-order valence-electron chi connectivity index (χ1n) is 10.7. The molecule has 0 bridgehead atoms. The topological polar surface area (TPSA) is 26.3 Å². The first kappa shape index (κ1) is 24.5. The van der Waals surface area contributed by atoms with Gasteiger partial charge in [-0.1, -0.05) is 121 Å². The van der Waals surface area contributed by atoms with Gasteiger partial charge in [-0.2, -0.15) is 0 Å². The number of allylic oxidation sites excluding steroid dienone is 1. The minimum absolute atomic E-state index is 0.177. The van der Waals surface area contributed by atoms with Crippen LogP contribution in [0.3, 0.4) is 0 Å². The molecule has 25 heavy (non-hydrogen) atoms. The van der Waals surface area contributed by atoms with Crippen molar-refractivity contribution in [3.8, 4) is 0 Å². The summed E-state index contributed by atoms with van der Waals surface area (Å²) in [6.07, 6.45) is 23.1. The summed E-state index contributed by atoms with van der Waals surface area (Å²) in [7, 11) is 0. The lowest BCUT2D eigenvalue weighted by Gasteiger charge is -2.04. The molecule has 0 rings (SSSR count). The fourth-order valence-electron chi connectivity index (χ4n) is 3.00. The molecule has 0 saturated carbocycles. The van der Waals surface area contributed by atoms with Crippen LogP contribution in [-0.4, -0.2) is 12.6 Å². The van der Waals surface area contributed by atoms with Gasteiger partial charge in [0.05, 0.1) is 6.61 Å². The highest BCUT2D eigenvalue weighted by molar-refractivity contribution is 6.41. The Morgan fingerprint density at radius 3 is 1.44 bits per heavy atom. The number of halogens is 1. The number of rotatable bonds is 18. The van der Waals surface area contributed by atoms with Crippen LogP contribution in [0.15, 0.2) is 11.1 Å². The van der Waals surface area contributed by atoms with Crippen LogP contribution in [0.1, 0.15) is 117 Å². The number of hydrogen-bond acceptors (Lipinski definition) is 2. The molecule has 0 amide bonds. The molecule has 0 unspecified atom stereocenters. The fraction of sp³-hybridized carbons (Fsp3) is 0.864. The van der Waals surface area contributed by atoms with Crippen LogP contribution >= 0.6 is 11.6 Å². The number of unbranched alkanes of at least 4 members (excludes halogenated alkanes) is 15. The summed E-state index contributed by atoms with van der Waals surface area (Å²) >= 11 is 5.68. The molecular formula is C22H41ClO2. The van der Waals surface area contributed by atoms with E-state index in [0.29, 0.717) is 6.61 Å². The van der Waals surface area contributed by atoms with Crippen molar-refractivity contribution < 1.29 is 9.53 Å². The number of esters is 1. The Bertz CT molecular complexity index is 326. The lowest BCUT2D eigenvalue weighted by molar-refractivity contribution is -0.138. The molecule has 0 aromatic rings. The molecule has 0 spiro atoms. The Hall–Kier alpha value is -0.500. The second-order valence-electron chi connectivity index (χ2n) is 7.08. The molecule has 0 saturated heterocycles. The van der Waals surface area contributed by atoms with Crippen molar-refractivity contribution in [3.05, 3.63) is 11.1 Å².